The van der Waals surface area contributed by atoms with E-state index in [1.807, 2.05) is 0 Å². The molecule has 2 saturated carbocycles. The average molecular weight is 277 g/mol. The molecule has 0 unspecified atom stereocenters. The van der Waals surface area contributed by atoms with Crippen LogP contribution in [0.25, 0.3) is 0 Å². The van der Waals surface area contributed by atoms with Crippen molar-refractivity contribution < 1.29 is 9.53 Å². The Kier molecular flexibility index (Phi) is 3.94. The van der Waals surface area contributed by atoms with Crippen LogP contribution in [0, 0.1) is 0 Å². The van der Waals surface area contributed by atoms with E-state index in [-0.39, 0.29) is 6.09 Å². The van der Waals surface area contributed by atoms with E-state index in [4.69, 9.17) is 9.84 Å². The molecule has 1 N–H and O–H groups in total. The van der Waals surface area contributed by atoms with Gasteiger partial charge >= 0.3 is 6.09 Å². The average Bonchev–Trinajstić information content (AvgIpc) is 2.99. The predicted molar refractivity (Wildman–Crippen MR) is 75.6 cm³/mol. The van der Waals surface area contributed by atoms with Crippen molar-refractivity contribution in [2.45, 2.75) is 64.0 Å². The molecule has 2 aliphatic carbocycles. The van der Waals surface area contributed by atoms with Crippen LogP contribution in [0.4, 0.5) is 4.79 Å². The van der Waals surface area contributed by atoms with Crippen molar-refractivity contribution in [3.05, 3.63) is 17.5 Å². The van der Waals surface area contributed by atoms with E-state index in [2.05, 4.69) is 16.1 Å². The minimum absolute atomic E-state index is 0.365. The molecule has 0 bridgehead atoms. The molecular weight excluding hydrogens is 254 g/mol. The highest BCUT2D eigenvalue weighted by atomic mass is 16.5. The van der Waals surface area contributed by atoms with Gasteiger partial charge in [-0.3, -0.25) is 4.68 Å². The maximum Gasteiger partial charge on any atom is 0.407 e. The molecule has 5 nitrogen and oxygen atoms in total. The summed E-state index contributed by atoms with van der Waals surface area (Å²) >= 11 is 0. The Bertz CT molecular complexity index is 473. The second-order valence-electron chi connectivity index (χ2n) is 5.79. The van der Waals surface area contributed by atoms with Crippen molar-refractivity contribution in [1.82, 2.24) is 15.1 Å². The Hall–Kier alpha value is -1.52. The van der Waals surface area contributed by atoms with Crippen molar-refractivity contribution in [2.24, 2.45) is 0 Å². The van der Waals surface area contributed by atoms with E-state index in [0.717, 1.165) is 5.69 Å². The standard InChI is InChI=1S/C15H23N3O2/c1-2-20-15(19)16-10-12-9-14(11-7-8-11)18(17-12)13-5-3-4-6-13/h9,11,13H,2-8,10H2,1H3,(H,16,19). The first-order valence-electron chi connectivity index (χ1n) is 7.77. The summed E-state index contributed by atoms with van der Waals surface area (Å²) in [6.07, 6.45) is 7.30. The van der Waals surface area contributed by atoms with Crippen LogP contribution in [0.2, 0.25) is 0 Å². The largest absolute Gasteiger partial charge is 0.450 e. The zero-order valence-electron chi connectivity index (χ0n) is 12.1. The van der Waals surface area contributed by atoms with Crippen LogP contribution in [0.15, 0.2) is 6.07 Å². The number of amides is 1. The number of alkyl carbamates (subject to hydrolysis) is 1. The van der Waals surface area contributed by atoms with Gasteiger partial charge in [0, 0.05) is 11.6 Å². The first kappa shape index (κ1) is 13.5. The topological polar surface area (TPSA) is 56.1 Å². The zero-order chi connectivity index (χ0) is 13.9. The van der Waals surface area contributed by atoms with E-state index in [9.17, 15) is 4.79 Å². The van der Waals surface area contributed by atoms with Crippen molar-refractivity contribution in [3.63, 3.8) is 0 Å². The van der Waals surface area contributed by atoms with Crippen LogP contribution in [-0.2, 0) is 11.3 Å². The molecule has 0 saturated heterocycles. The minimum atomic E-state index is -0.365. The number of carbonyl (C=O) groups excluding carboxylic acids is 1. The molecule has 1 aromatic rings. The number of nitrogens with zero attached hydrogens (tertiary/aromatic N) is 2. The van der Waals surface area contributed by atoms with Gasteiger partial charge in [-0.1, -0.05) is 12.8 Å². The number of hydrogen-bond donors (Lipinski definition) is 1. The maximum absolute atomic E-state index is 11.3. The molecule has 0 atom stereocenters. The van der Waals surface area contributed by atoms with Crippen molar-refractivity contribution in [2.75, 3.05) is 6.61 Å². The van der Waals surface area contributed by atoms with Crippen molar-refractivity contribution in [3.8, 4) is 0 Å². The van der Waals surface area contributed by atoms with Gasteiger partial charge in [-0.15, -0.1) is 0 Å². The molecule has 0 aliphatic heterocycles. The van der Waals surface area contributed by atoms with Gasteiger partial charge in [0.2, 0.25) is 0 Å². The summed E-state index contributed by atoms with van der Waals surface area (Å²) in [5.41, 5.74) is 2.32. The highest BCUT2D eigenvalue weighted by Gasteiger charge is 2.31. The Morgan fingerprint density at radius 2 is 2.15 bits per heavy atom. The lowest BCUT2D eigenvalue weighted by molar-refractivity contribution is 0.151. The highest BCUT2D eigenvalue weighted by Crippen LogP contribution is 2.43. The van der Waals surface area contributed by atoms with Crippen LogP contribution in [-0.4, -0.2) is 22.5 Å². The summed E-state index contributed by atoms with van der Waals surface area (Å²) in [7, 11) is 0. The first-order chi connectivity index (χ1) is 9.78. The summed E-state index contributed by atoms with van der Waals surface area (Å²) in [6, 6.07) is 2.74. The number of ether oxygens (including phenoxy) is 1. The molecule has 110 valence electrons. The minimum Gasteiger partial charge on any atom is -0.450 e. The van der Waals surface area contributed by atoms with Crippen LogP contribution in [0.3, 0.4) is 0 Å². The highest BCUT2D eigenvalue weighted by molar-refractivity contribution is 5.66. The Morgan fingerprint density at radius 3 is 2.80 bits per heavy atom. The van der Waals surface area contributed by atoms with Crippen LogP contribution in [0.1, 0.15) is 68.8 Å². The Balaban J connectivity index is 1.68. The van der Waals surface area contributed by atoms with Gasteiger partial charge in [0.1, 0.15) is 0 Å². The van der Waals surface area contributed by atoms with E-state index in [0.29, 0.717) is 25.1 Å². The maximum atomic E-state index is 11.3. The van der Waals surface area contributed by atoms with E-state index >= 15 is 0 Å². The summed E-state index contributed by atoms with van der Waals surface area (Å²) in [5, 5.41) is 7.49. The quantitative estimate of drug-likeness (QED) is 0.899. The molecule has 2 aliphatic rings. The molecule has 20 heavy (non-hydrogen) atoms. The van der Waals surface area contributed by atoms with Gasteiger partial charge in [-0.25, -0.2) is 4.79 Å². The number of carbonyl (C=O) groups is 1. The SMILES string of the molecule is CCOC(=O)NCc1cc(C2CC2)n(C2CCCC2)n1. The third-order valence-electron chi connectivity index (χ3n) is 4.17. The fraction of sp³-hybridized carbons (Fsp3) is 0.733. The Morgan fingerprint density at radius 1 is 1.40 bits per heavy atom. The lowest BCUT2D eigenvalue weighted by Gasteiger charge is -2.13. The van der Waals surface area contributed by atoms with E-state index < -0.39 is 0 Å². The van der Waals surface area contributed by atoms with Gasteiger partial charge in [-0.2, -0.15) is 5.10 Å². The van der Waals surface area contributed by atoms with Crippen molar-refractivity contribution >= 4 is 6.09 Å². The van der Waals surface area contributed by atoms with Crippen LogP contribution < -0.4 is 5.32 Å². The third-order valence-corrected chi connectivity index (χ3v) is 4.17. The normalized spacial score (nSPS) is 19.2. The molecule has 0 radical (unpaired) electrons. The van der Waals surface area contributed by atoms with Gasteiger partial charge in [-0.05, 0) is 38.7 Å². The van der Waals surface area contributed by atoms with Gasteiger partial charge in [0.25, 0.3) is 0 Å². The predicted octanol–water partition coefficient (Wildman–Crippen LogP) is 3.12. The summed E-state index contributed by atoms with van der Waals surface area (Å²) < 4.78 is 7.12. The second-order valence-corrected chi connectivity index (χ2v) is 5.79. The van der Waals surface area contributed by atoms with Crippen molar-refractivity contribution in [1.29, 1.82) is 0 Å². The fourth-order valence-electron chi connectivity index (χ4n) is 3.02. The molecule has 5 heteroatoms. The molecule has 3 rings (SSSR count). The number of aromatic nitrogens is 2. The molecule has 1 aromatic heterocycles. The van der Waals surface area contributed by atoms with Crippen LogP contribution in [0.5, 0.6) is 0 Å². The fourth-order valence-corrected chi connectivity index (χ4v) is 3.02. The number of hydrogen-bond acceptors (Lipinski definition) is 3. The number of nitrogens with one attached hydrogen (secondary N) is 1. The molecular formula is C15H23N3O2. The number of rotatable bonds is 5. The molecule has 1 heterocycles. The zero-order valence-corrected chi connectivity index (χ0v) is 12.1. The monoisotopic (exact) mass is 277 g/mol. The van der Waals surface area contributed by atoms with Crippen LogP contribution >= 0.6 is 0 Å². The second kappa shape index (κ2) is 5.85. The van der Waals surface area contributed by atoms with Gasteiger partial charge in [0.05, 0.1) is 24.9 Å². The third kappa shape index (κ3) is 2.97. The van der Waals surface area contributed by atoms with E-state index in [1.165, 1.54) is 44.2 Å². The lowest BCUT2D eigenvalue weighted by Crippen LogP contribution is -2.24. The molecule has 0 aromatic carbocycles. The Labute approximate surface area is 119 Å². The molecule has 2 fully saturated rings. The van der Waals surface area contributed by atoms with Gasteiger partial charge in [0.15, 0.2) is 0 Å². The summed E-state index contributed by atoms with van der Waals surface area (Å²) in [4.78, 5) is 11.3. The van der Waals surface area contributed by atoms with Gasteiger partial charge < -0.3 is 10.1 Å². The lowest BCUT2D eigenvalue weighted by atomic mass is 10.2. The van der Waals surface area contributed by atoms with E-state index in [1.54, 1.807) is 6.92 Å². The summed E-state index contributed by atoms with van der Waals surface area (Å²) in [6.45, 7) is 2.66. The first-order valence-corrected chi connectivity index (χ1v) is 7.77. The smallest absolute Gasteiger partial charge is 0.407 e. The molecule has 0 spiro atoms. The molecule has 1 amide bonds. The summed E-state index contributed by atoms with van der Waals surface area (Å²) in [5.74, 6) is 0.694.